The Morgan fingerprint density at radius 2 is 1.86 bits per heavy atom. The molecule has 0 unspecified atom stereocenters. The van der Waals surface area contributed by atoms with Crippen LogP contribution in [0.1, 0.15) is 48.1 Å². The van der Waals surface area contributed by atoms with Gasteiger partial charge in [0.25, 0.3) is 0 Å². The van der Waals surface area contributed by atoms with Crippen molar-refractivity contribution >= 4 is 5.97 Å². The van der Waals surface area contributed by atoms with Gasteiger partial charge >= 0.3 is 5.97 Å². The zero-order chi connectivity index (χ0) is 15.6. The fraction of sp³-hybridized carbons (Fsp3) is 0.412. The molecule has 2 aromatic rings. The number of benzene rings is 1. The normalized spacial score (nSPS) is 11.5. The van der Waals surface area contributed by atoms with E-state index in [9.17, 15) is 4.79 Å². The molecule has 4 nitrogen and oxygen atoms in total. The molecule has 0 atom stereocenters. The molecule has 0 radical (unpaired) electrons. The minimum atomic E-state index is -0.515. The summed E-state index contributed by atoms with van der Waals surface area (Å²) < 4.78 is 7.11. The number of aromatic nitrogens is 2. The van der Waals surface area contributed by atoms with Gasteiger partial charge in [-0.05, 0) is 33.3 Å². The summed E-state index contributed by atoms with van der Waals surface area (Å²) in [6.07, 6.45) is 0.676. The molecule has 1 aromatic heterocycles. The van der Waals surface area contributed by atoms with Crippen LogP contribution in [0.5, 0.6) is 0 Å². The van der Waals surface area contributed by atoms with E-state index in [0.717, 1.165) is 16.8 Å². The molecule has 112 valence electrons. The first-order valence-corrected chi connectivity index (χ1v) is 7.07. The topological polar surface area (TPSA) is 44.1 Å². The van der Waals surface area contributed by atoms with E-state index in [2.05, 4.69) is 5.10 Å². The Hall–Kier alpha value is -2.10. The van der Waals surface area contributed by atoms with Crippen molar-refractivity contribution in [3.8, 4) is 0 Å². The third kappa shape index (κ3) is 3.72. The first kappa shape index (κ1) is 15.3. The summed E-state index contributed by atoms with van der Waals surface area (Å²) in [5.41, 5.74) is 2.96. The van der Waals surface area contributed by atoms with E-state index < -0.39 is 5.60 Å². The quantitative estimate of drug-likeness (QED) is 0.813. The molecule has 0 aliphatic carbocycles. The maximum absolute atomic E-state index is 12.4. The summed E-state index contributed by atoms with van der Waals surface area (Å²) in [6, 6.07) is 10.1. The summed E-state index contributed by atoms with van der Waals surface area (Å²) in [5.74, 6) is -0.323. The predicted molar refractivity (Wildman–Crippen MR) is 82.4 cm³/mol. The predicted octanol–water partition coefficient (Wildman–Crippen LogP) is 3.27. The molecule has 0 N–H and O–H groups in total. The molecular formula is C17H22N2O2. The van der Waals surface area contributed by atoms with Gasteiger partial charge in [-0.25, -0.2) is 4.79 Å². The fourth-order valence-electron chi connectivity index (χ4n) is 2.30. The molecule has 0 amide bonds. The number of nitrogens with zero attached hydrogens (tertiary/aromatic N) is 2. The standard InChI is InChI=1S/C17H22N2O2/c1-12-14(11-13-9-7-6-8-10-13)15(19(5)18-12)16(20)21-17(2,3)4/h6-10H,11H2,1-5H3. The van der Waals surface area contributed by atoms with Gasteiger partial charge in [-0.2, -0.15) is 5.10 Å². The van der Waals surface area contributed by atoms with Crippen LogP contribution in [0, 0.1) is 6.92 Å². The molecular weight excluding hydrogens is 264 g/mol. The SMILES string of the molecule is Cc1nn(C)c(C(=O)OC(C)(C)C)c1Cc1ccccc1. The minimum Gasteiger partial charge on any atom is -0.455 e. The monoisotopic (exact) mass is 286 g/mol. The third-order valence-corrected chi connectivity index (χ3v) is 3.16. The molecule has 0 fully saturated rings. The number of aryl methyl sites for hydroxylation is 2. The molecule has 4 heteroatoms. The number of esters is 1. The maximum atomic E-state index is 12.4. The highest BCUT2D eigenvalue weighted by atomic mass is 16.6. The summed E-state index contributed by atoms with van der Waals surface area (Å²) in [5, 5.41) is 4.37. The second kappa shape index (κ2) is 5.72. The van der Waals surface area contributed by atoms with E-state index in [1.807, 2.05) is 58.0 Å². The average Bonchev–Trinajstić information content (AvgIpc) is 2.63. The van der Waals surface area contributed by atoms with E-state index in [-0.39, 0.29) is 5.97 Å². The van der Waals surface area contributed by atoms with Crippen LogP contribution in [-0.4, -0.2) is 21.4 Å². The zero-order valence-corrected chi connectivity index (χ0v) is 13.3. The van der Waals surface area contributed by atoms with Gasteiger partial charge in [0.05, 0.1) is 5.69 Å². The van der Waals surface area contributed by atoms with Gasteiger partial charge < -0.3 is 4.74 Å². The van der Waals surface area contributed by atoms with Crippen LogP contribution in [0.3, 0.4) is 0 Å². The number of carbonyl (C=O) groups is 1. The largest absolute Gasteiger partial charge is 0.455 e. The van der Waals surface area contributed by atoms with Crippen LogP contribution >= 0.6 is 0 Å². The smallest absolute Gasteiger partial charge is 0.357 e. The van der Waals surface area contributed by atoms with Gasteiger partial charge in [0.15, 0.2) is 0 Å². The fourth-order valence-corrected chi connectivity index (χ4v) is 2.30. The molecule has 0 bridgehead atoms. The lowest BCUT2D eigenvalue weighted by molar-refractivity contribution is 0.00565. The minimum absolute atomic E-state index is 0.323. The molecule has 0 saturated heterocycles. The Morgan fingerprint density at radius 1 is 1.24 bits per heavy atom. The van der Waals surface area contributed by atoms with Gasteiger partial charge in [-0.1, -0.05) is 30.3 Å². The number of rotatable bonds is 3. The molecule has 0 saturated carbocycles. The van der Waals surface area contributed by atoms with Crippen LogP contribution in [0.2, 0.25) is 0 Å². The molecule has 1 aromatic carbocycles. The summed E-state index contributed by atoms with van der Waals surface area (Å²) in [4.78, 5) is 12.4. The lowest BCUT2D eigenvalue weighted by Crippen LogP contribution is -2.26. The molecule has 0 aliphatic heterocycles. The second-order valence-electron chi connectivity index (χ2n) is 6.20. The molecule has 1 heterocycles. The Labute approximate surface area is 125 Å². The highest BCUT2D eigenvalue weighted by molar-refractivity contribution is 5.90. The number of carbonyl (C=O) groups excluding carboxylic acids is 1. The number of hydrogen-bond acceptors (Lipinski definition) is 3. The van der Waals surface area contributed by atoms with E-state index in [1.165, 1.54) is 0 Å². The first-order valence-electron chi connectivity index (χ1n) is 7.07. The van der Waals surface area contributed by atoms with Crippen molar-refractivity contribution < 1.29 is 9.53 Å². The zero-order valence-electron chi connectivity index (χ0n) is 13.3. The van der Waals surface area contributed by atoms with Crippen LogP contribution in [-0.2, 0) is 18.2 Å². The number of hydrogen-bond donors (Lipinski definition) is 0. The van der Waals surface area contributed by atoms with E-state index in [1.54, 1.807) is 11.7 Å². The van der Waals surface area contributed by atoms with Crippen LogP contribution in [0.4, 0.5) is 0 Å². The summed E-state index contributed by atoms with van der Waals surface area (Å²) in [6.45, 7) is 7.52. The van der Waals surface area contributed by atoms with Gasteiger partial charge in [-0.3, -0.25) is 4.68 Å². The van der Waals surface area contributed by atoms with E-state index in [4.69, 9.17) is 4.74 Å². The Balaban J connectivity index is 2.36. The van der Waals surface area contributed by atoms with E-state index >= 15 is 0 Å². The van der Waals surface area contributed by atoms with Crippen molar-refractivity contribution in [3.63, 3.8) is 0 Å². The summed E-state index contributed by atoms with van der Waals surface area (Å²) in [7, 11) is 1.78. The number of ether oxygens (including phenoxy) is 1. The van der Waals surface area contributed by atoms with Crippen molar-refractivity contribution in [2.45, 2.75) is 39.7 Å². The van der Waals surface area contributed by atoms with Crippen molar-refractivity contribution in [3.05, 3.63) is 52.8 Å². The highest BCUT2D eigenvalue weighted by Crippen LogP contribution is 2.21. The average molecular weight is 286 g/mol. The molecule has 2 rings (SSSR count). The van der Waals surface area contributed by atoms with Crippen molar-refractivity contribution in [1.82, 2.24) is 9.78 Å². The van der Waals surface area contributed by atoms with Crippen molar-refractivity contribution in [2.24, 2.45) is 7.05 Å². The highest BCUT2D eigenvalue weighted by Gasteiger charge is 2.25. The van der Waals surface area contributed by atoms with Crippen LogP contribution in [0.25, 0.3) is 0 Å². The maximum Gasteiger partial charge on any atom is 0.357 e. The van der Waals surface area contributed by atoms with Crippen molar-refractivity contribution in [2.75, 3.05) is 0 Å². The lowest BCUT2D eigenvalue weighted by atomic mass is 10.0. The van der Waals surface area contributed by atoms with Gasteiger partial charge in [0, 0.05) is 19.0 Å². The van der Waals surface area contributed by atoms with Crippen LogP contribution < -0.4 is 0 Å². The second-order valence-corrected chi connectivity index (χ2v) is 6.20. The van der Waals surface area contributed by atoms with E-state index in [0.29, 0.717) is 12.1 Å². The molecule has 0 aliphatic rings. The Bertz CT molecular complexity index is 637. The first-order chi connectivity index (χ1) is 9.78. The molecule has 0 spiro atoms. The Kier molecular flexibility index (Phi) is 4.16. The van der Waals surface area contributed by atoms with Gasteiger partial charge in [0.2, 0.25) is 0 Å². The van der Waals surface area contributed by atoms with Gasteiger partial charge in [0.1, 0.15) is 11.3 Å². The Morgan fingerprint density at radius 3 is 2.43 bits per heavy atom. The van der Waals surface area contributed by atoms with Gasteiger partial charge in [-0.15, -0.1) is 0 Å². The van der Waals surface area contributed by atoms with Crippen molar-refractivity contribution in [1.29, 1.82) is 0 Å². The summed E-state index contributed by atoms with van der Waals surface area (Å²) >= 11 is 0. The van der Waals surface area contributed by atoms with Crippen LogP contribution in [0.15, 0.2) is 30.3 Å². The molecule has 21 heavy (non-hydrogen) atoms. The lowest BCUT2D eigenvalue weighted by Gasteiger charge is -2.20. The third-order valence-electron chi connectivity index (χ3n) is 3.16.